The molecule has 196 valence electrons. The number of rotatable bonds is 7. The smallest absolute Gasteiger partial charge is 0.478 e. The third-order valence-electron chi connectivity index (χ3n) is 5.08. The van der Waals surface area contributed by atoms with Crippen LogP contribution in [-0.4, -0.2) is 85.6 Å². The molecule has 0 aromatic heterocycles. The van der Waals surface area contributed by atoms with Crippen LogP contribution in [-0.2, 0) is 9.53 Å². The second kappa shape index (κ2) is 13.9. The molecule has 12 heteroatoms. The van der Waals surface area contributed by atoms with Crippen LogP contribution in [0.25, 0.3) is 0 Å². The summed E-state index contributed by atoms with van der Waals surface area (Å²) in [5, 5.41) is 19.7. The number of para-hydroxylation sites is 1. The number of anilines is 2. The van der Waals surface area contributed by atoms with Gasteiger partial charge in [0.25, 0.3) is 0 Å². The number of alkyl halides is 3. The molecule has 1 aliphatic heterocycles. The third-order valence-corrected chi connectivity index (χ3v) is 5.08. The molecule has 0 aliphatic carbocycles. The number of aromatic carboxylic acids is 1. The number of halogens is 3. The summed E-state index contributed by atoms with van der Waals surface area (Å²) >= 11 is 0. The highest BCUT2D eigenvalue weighted by atomic mass is 19.4. The molecule has 1 heterocycles. The molecule has 0 saturated carbocycles. The molecule has 0 atom stereocenters. The molecule has 0 bridgehead atoms. The molecule has 9 nitrogen and oxygen atoms in total. The second-order valence-electron chi connectivity index (χ2n) is 7.68. The van der Waals surface area contributed by atoms with Gasteiger partial charge in [-0.1, -0.05) is 24.3 Å². The Balaban J connectivity index is 0.000000572. The minimum absolute atomic E-state index is 0.252. The van der Waals surface area contributed by atoms with E-state index in [2.05, 4.69) is 39.4 Å². The number of piperazine rings is 1. The lowest BCUT2D eigenvalue weighted by Gasteiger charge is -2.37. The van der Waals surface area contributed by atoms with Gasteiger partial charge in [0.05, 0.1) is 5.56 Å². The lowest BCUT2D eigenvalue weighted by atomic mass is 10.2. The highest BCUT2D eigenvalue weighted by molar-refractivity contribution is 5.96. The number of aliphatic carboxylic acids is 1. The SMILES string of the molecule is COCCCN=C(Nc1cccc(C(=O)O)c1)N1CCN(c2ccccc2)CC1.O=C(O)C(F)(F)F. The highest BCUT2D eigenvalue weighted by Crippen LogP contribution is 2.17. The van der Waals surface area contributed by atoms with Crippen molar-refractivity contribution in [1.29, 1.82) is 0 Å². The van der Waals surface area contributed by atoms with Crippen molar-refractivity contribution in [2.75, 3.05) is 56.7 Å². The number of aliphatic imine (C=N–C) groups is 1. The Morgan fingerprint density at radius 3 is 2.22 bits per heavy atom. The summed E-state index contributed by atoms with van der Waals surface area (Å²) in [7, 11) is 1.68. The lowest BCUT2D eigenvalue weighted by molar-refractivity contribution is -0.192. The summed E-state index contributed by atoms with van der Waals surface area (Å²) in [6.45, 7) is 4.78. The van der Waals surface area contributed by atoms with E-state index in [1.54, 1.807) is 25.3 Å². The van der Waals surface area contributed by atoms with Gasteiger partial charge in [0.2, 0.25) is 0 Å². The minimum atomic E-state index is -5.08. The first-order chi connectivity index (χ1) is 17.1. The minimum Gasteiger partial charge on any atom is -0.478 e. The van der Waals surface area contributed by atoms with Crippen LogP contribution in [0.5, 0.6) is 0 Å². The predicted molar refractivity (Wildman–Crippen MR) is 130 cm³/mol. The van der Waals surface area contributed by atoms with Gasteiger partial charge < -0.3 is 30.1 Å². The molecule has 0 unspecified atom stereocenters. The lowest BCUT2D eigenvalue weighted by Crippen LogP contribution is -2.50. The maximum absolute atomic E-state index is 11.3. The van der Waals surface area contributed by atoms with Gasteiger partial charge >= 0.3 is 18.1 Å². The molecule has 0 amide bonds. The van der Waals surface area contributed by atoms with Crippen molar-refractivity contribution in [1.82, 2.24) is 4.90 Å². The molecule has 3 rings (SSSR count). The van der Waals surface area contributed by atoms with E-state index in [-0.39, 0.29) is 5.56 Å². The first-order valence-corrected chi connectivity index (χ1v) is 11.1. The maximum atomic E-state index is 11.3. The number of nitrogens with zero attached hydrogens (tertiary/aromatic N) is 3. The van der Waals surface area contributed by atoms with E-state index in [4.69, 9.17) is 19.6 Å². The van der Waals surface area contributed by atoms with Gasteiger partial charge in [-0.25, -0.2) is 9.59 Å². The van der Waals surface area contributed by atoms with Crippen LogP contribution in [0.1, 0.15) is 16.8 Å². The molecule has 0 spiro atoms. The topological polar surface area (TPSA) is 115 Å². The predicted octanol–water partition coefficient (Wildman–Crippen LogP) is 3.64. The summed E-state index contributed by atoms with van der Waals surface area (Å²) in [4.78, 5) is 29.5. The number of hydrogen-bond acceptors (Lipinski definition) is 5. The van der Waals surface area contributed by atoms with Gasteiger partial charge in [-0.15, -0.1) is 0 Å². The molecule has 0 radical (unpaired) electrons. The molecule has 36 heavy (non-hydrogen) atoms. The van der Waals surface area contributed by atoms with E-state index in [0.29, 0.717) is 13.2 Å². The highest BCUT2D eigenvalue weighted by Gasteiger charge is 2.38. The Hall–Kier alpha value is -3.80. The number of methoxy groups -OCH3 is 1. The number of carboxylic acids is 2. The zero-order valence-corrected chi connectivity index (χ0v) is 19.7. The number of hydrogen-bond donors (Lipinski definition) is 3. The van der Waals surface area contributed by atoms with Crippen LogP contribution in [0.3, 0.4) is 0 Å². The van der Waals surface area contributed by atoms with Crippen molar-refractivity contribution < 1.29 is 37.7 Å². The van der Waals surface area contributed by atoms with E-state index in [9.17, 15) is 23.1 Å². The van der Waals surface area contributed by atoms with Crippen molar-refractivity contribution in [3.05, 3.63) is 60.2 Å². The van der Waals surface area contributed by atoms with Crippen LogP contribution < -0.4 is 10.2 Å². The standard InChI is InChI=1S/C22H28N4O3.C2HF3O2/c1-29-16-6-11-23-22(24-19-8-5-7-18(17-19)21(27)28)26-14-12-25(13-15-26)20-9-3-2-4-10-20;3-2(4,5)1(6)7/h2-5,7-10,17H,6,11-16H2,1H3,(H,23,24)(H,27,28);(H,6,7). The molecular formula is C24H29F3N4O5. The molecule has 2 aromatic carbocycles. The largest absolute Gasteiger partial charge is 0.490 e. The number of carbonyl (C=O) groups is 2. The van der Waals surface area contributed by atoms with Gasteiger partial charge in [0.15, 0.2) is 5.96 Å². The molecular weight excluding hydrogens is 481 g/mol. The summed E-state index contributed by atoms with van der Waals surface area (Å²) < 4.78 is 36.9. The Morgan fingerprint density at radius 1 is 1.03 bits per heavy atom. The third kappa shape index (κ3) is 9.45. The first-order valence-electron chi connectivity index (χ1n) is 11.1. The van der Waals surface area contributed by atoms with Crippen molar-refractivity contribution in [2.45, 2.75) is 12.6 Å². The molecule has 1 aliphatic rings. The van der Waals surface area contributed by atoms with Gasteiger partial charge in [-0.3, -0.25) is 4.99 Å². The normalized spacial score (nSPS) is 14.1. The number of nitrogens with one attached hydrogen (secondary N) is 1. The Morgan fingerprint density at radius 2 is 1.67 bits per heavy atom. The number of carboxylic acid groups (broad SMARTS) is 2. The summed E-state index contributed by atoms with van der Waals surface area (Å²) in [5.41, 5.74) is 2.20. The second-order valence-corrected chi connectivity index (χ2v) is 7.68. The number of ether oxygens (including phenoxy) is 1. The van der Waals surface area contributed by atoms with Gasteiger partial charge in [-0.05, 0) is 36.8 Å². The zero-order valence-electron chi connectivity index (χ0n) is 19.7. The quantitative estimate of drug-likeness (QED) is 0.294. The summed E-state index contributed by atoms with van der Waals surface area (Å²) in [6.07, 6.45) is -4.25. The maximum Gasteiger partial charge on any atom is 0.490 e. The van der Waals surface area contributed by atoms with Crippen LogP contribution in [0.15, 0.2) is 59.6 Å². The Kier molecular flexibility index (Phi) is 11.0. The van der Waals surface area contributed by atoms with E-state index >= 15 is 0 Å². The Bertz CT molecular complexity index is 1010. The first kappa shape index (κ1) is 28.4. The number of guanidine groups is 1. The average Bonchev–Trinajstić information content (AvgIpc) is 2.86. The van der Waals surface area contributed by atoms with Crippen LogP contribution in [0, 0.1) is 0 Å². The fourth-order valence-corrected chi connectivity index (χ4v) is 3.29. The van der Waals surface area contributed by atoms with Gasteiger partial charge in [0.1, 0.15) is 0 Å². The van der Waals surface area contributed by atoms with Gasteiger partial charge in [0, 0.05) is 57.8 Å². The van der Waals surface area contributed by atoms with Crippen molar-refractivity contribution >= 4 is 29.3 Å². The monoisotopic (exact) mass is 510 g/mol. The van der Waals surface area contributed by atoms with E-state index < -0.39 is 18.1 Å². The molecule has 1 fully saturated rings. The summed E-state index contributed by atoms with van der Waals surface area (Å²) in [5.74, 6) is -2.92. The fraction of sp³-hybridized carbons (Fsp3) is 0.375. The van der Waals surface area contributed by atoms with Gasteiger partial charge in [-0.2, -0.15) is 13.2 Å². The average molecular weight is 511 g/mol. The molecule has 1 saturated heterocycles. The van der Waals surface area contributed by atoms with Crippen molar-refractivity contribution in [3.8, 4) is 0 Å². The van der Waals surface area contributed by atoms with Crippen LogP contribution >= 0.6 is 0 Å². The zero-order chi connectivity index (χ0) is 26.6. The fourth-order valence-electron chi connectivity index (χ4n) is 3.29. The van der Waals surface area contributed by atoms with Crippen molar-refractivity contribution in [2.24, 2.45) is 4.99 Å². The van der Waals surface area contributed by atoms with E-state index in [0.717, 1.165) is 44.2 Å². The van der Waals surface area contributed by atoms with Crippen molar-refractivity contribution in [3.63, 3.8) is 0 Å². The van der Waals surface area contributed by atoms with Crippen LogP contribution in [0.2, 0.25) is 0 Å². The Labute approximate surface area is 206 Å². The molecule has 2 aromatic rings. The number of benzene rings is 2. The van der Waals surface area contributed by atoms with E-state index in [1.165, 1.54) is 5.69 Å². The van der Waals surface area contributed by atoms with Crippen LogP contribution in [0.4, 0.5) is 24.5 Å². The molecule has 3 N–H and O–H groups in total. The van der Waals surface area contributed by atoms with E-state index in [1.807, 2.05) is 12.1 Å². The summed E-state index contributed by atoms with van der Waals surface area (Å²) in [6, 6.07) is 17.2.